The number of ether oxygens (including phenoxy) is 1. The van der Waals surface area contributed by atoms with E-state index in [1.165, 1.54) is 12.8 Å². The average Bonchev–Trinajstić information content (AvgIpc) is 2.24. The summed E-state index contributed by atoms with van der Waals surface area (Å²) in [6.45, 7) is 14.1. The number of aliphatic hydroxyl groups excluding tert-OH is 1. The molecular formula is C16H32O2. The van der Waals surface area contributed by atoms with E-state index in [4.69, 9.17) is 4.74 Å². The van der Waals surface area contributed by atoms with E-state index in [1.807, 2.05) is 0 Å². The fourth-order valence-electron chi connectivity index (χ4n) is 3.42. The maximum Gasteiger partial charge on any atom is 0.0773 e. The van der Waals surface area contributed by atoms with Crippen molar-refractivity contribution in [2.75, 3.05) is 6.61 Å². The Labute approximate surface area is 113 Å². The lowest BCUT2D eigenvalue weighted by Gasteiger charge is -2.52. The summed E-state index contributed by atoms with van der Waals surface area (Å²) in [5, 5.41) is 9.86. The summed E-state index contributed by atoms with van der Waals surface area (Å²) in [6, 6.07) is 0. The smallest absolute Gasteiger partial charge is 0.0773 e. The Morgan fingerprint density at radius 3 is 2.44 bits per heavy atom. The van der Waals surface area contributed by atoms with Crippen LogP contribution in [0.25, 0.3) is 0 Å². The van der Waals surface area contributed by atoms with Crippen LogP contribution in [0.4, 0.5) is 0 Å². The fourth-order valence-corrected chi connectivity index (χ4v) is 3.42. The van der Waals surface area contributed by atoms with Gasteiger partial charge in [-0.15, -0.1) is 0 Å². The third-order valence-corrected chi connectivity index (χ3v) is 4.95. The van der Waals surface area contributed by atoms with E-state index in [2.05, 4.69) is 41.5 Å². The Morgan fingerprint density at radius 1 is 1.28 bits per heavy atom. The predicted octanol–water partition coefficient (Wildman–Crippen LogP) is 4.01. The lowest BCUT2D eigenvalue weighted by Crippen LogP contribution is -2.51. The maximum atomic E-state index is 9.86. The van der Waals surface area contributed by atoms with Gasteiger partial charge in [0.2, 0.25) is 0 Å². The summed E-state index contributed by atoms with van der Waals surface area (Å²) in [7, 11) is 0. The monoisotopic (exact) mass is 256 g/mol. The van der Waals surface area contributed by atoms with Gasteiger partial charge in [0, 0.05) is 0 Å². The number of hydrogen-bond donors (Lipinski definition) is 1. The molecule has 1 aliphatic carbocycles. The van der Waals surface area contributed by atoms with Gasteiger partial charge < -0.3 is 9.84 Å². The minimum Gasteiger partial charge on any atom is -0.391 e. The molecule has 0 heterocycles. The van der Waals surface area contributed by atoms with E-state index >= 15 is 0 Å². The van der Waals surface area contributed by atoms with Gasteiger partial charge in [-0.05, 0) is 36.0 Å². The van der Waals surface area contributed by atoms with Crippen LogP contribution in [0.15, 0.2) is 0 Å². The third-order valence-electron chi connectivity index (χ3n) is 4.95. The molecular weight excluding hydrogens is 224 g/mol. The van der Waals surface area contributed by atoms with Gasteiger partial charge >= 0.3 is 0 Å². The zero-order chi connectivity index (χ0) is 14.0. The zero-order valence-electron chi connectivity index (χ0n) is 13.1. The van der Waals surface area contributed by atoms with E-state index < -0.39 is 0 Å². The Morgan fingerprint density at radius 2 is 1.89 bits per heavy atom. The van der Waals surface area contributed by atoms with Crippen molar-refractivity contribution >= 4 is 0 Å². The first-order valence-electron chi connectivity index (χ1n) is 7.51. The highest BCUT2D eigenvalue weighted by molar-refractivity contribution is 4.97. The van der Waals surface area contributed by atoms with Crippen LogP contribution in [0.1, 0.15) is 67.2 Å². The SMILES string of the molecule is CCC[C@H](O)COC1C(C)(C)CCC(C)C1(C)C. The van der Waals surface area contributed by atoms with Crippen molar-refractivity contribution in [1.29, 1.82) is 0 Å². The van der Waals surface area contributed by atoms with Crippen molar-refractivity contribution in [3.05, 3.63) is 0 Å². The number of aliphatic hydroxyl groups is 1. The Balaban J connectivity index is 2.68. The lowest BCUT2D eigenvalue weighted by molar-refractivity contribution is -0.156. The van der Waals surface area contributed by atoms with Gasteiger partial charge in [0.1, 0.15) is 0 Å². The second kappa shape index (κ2) is 5.92. The summed E-state index contributed by atoms with van der Waals surface area (Å²) in [6.07, 6.45) is 4.27. The van der Waals surface area contributed by atoms with Gasteiger partial charge in [-0.2, -0.15) is 0 Å². The largest absolute Gasteiger partial charge is 0.391 e. The Bertz CT molecular complexity index is 258. The molecule has 108 valence electrons. The Hall–Kier alpha value is -0.0800. The van der Waals surface area contributed by atoms with Crippen molar-refractivity contribution in [3.8, 4) is 0 Å². The molecule has 0 bridgehead atoms. The molecule has 1 saturated carbocycles. The molecule has 18 heavy (non-hydrogen) atoms. The normalized spacial score (nSPS) is 32.2. The van der Waals surface area contributed by atoms with Gasteiger partial charge in [0.15, 0.2) is 0 Å². The molecule has 3 atom stereocenters. The highest BCUT2D eigenvalue weighted by atomic mass is 16.5. The van der Waals surface area contributed by atoms with Crippen molar-refractivity contribution in [1.82, 2.24) is 0 Å². The summed E-state index contributed by atoms with van der Waals surface area (Å²) in [4.78, 5) is 0. The zero-order valence-corrected chi connectivity index (χ0v) is 13.1. The summed E-state index contributed by atoms with van der Waals surface area (Å²) in [5.41, 5.74) is 0.398. The van der Waals surface area contributed by atoms with E-state index in [1.54, 1.807) is 0 Å². The fraction of sp³-hybridized carbons (Fsp3) is 1.00. The van der Waals surface area contributed by atoms with E-state index in [0.29, 0.717) is 12.5 Å². The second-order valence-electron chi connectivity index (χ2n) is 7.41. The van der Waals surface area contributed by atoms with Crippen LogP contribution in [0.2, 0.25) is 0 Å². The van der Waals surface area contributed by atoms with Gasteiger partial charge in [-0.3, -0.25) is 0 Å². The third kappa shape index (κ3) is 3.48. The van der Waals surface area contributed by atoms with E-state index in [0.717, 1.165) is 12.8 Å². The lowest BCUT2D eigenvalue weighted by atomic mass is 9.58. The molecule has 0 aliphatic heterocycles. The highest BCUT2D eigenvalue weighted by Crippen LogP contribution is 2.50. The highest BCUT2D eigenvalue weighted by Gasteiger charge is 2.48. The summed E-state index contributed by atoms with van der Waals surface area (Å²) < 4.78 is 6.15. The minimum atomic E-state index is -0.307. The first-order valence-corrected chi connectivity index (χ1v) is 7.51. The van der Waals surface area contributed by atoms with E-state index in [9.17, 15) is 5.11 Å². The van der Waals surface area contributed by atoms with Crippen LogP contribution in [0.3, 0.4) is 0 Å². The van der Waals surface area contributed by atoms with Crippen LogP contribution in [-0.4, -0.2) is 23.9 Å². The van der Waals surface area contributed by atoms with Crippen LogP contribution >= 0.6 is 0 Å². The molecule has 0 aromatic rings. The summed E-state index contributed by atoms with van der Waals surface area (Å²) in [5.74, 6) is 0.679. The van der Waals surface area contributed by atoms with Crippen molar-refractivity contribution in [2.24, 2.45) is 16.7 Å². The van der Waals surface area contributed by atoms with Crippen molar-refractivity contribution in [2.45, 2.75) is 79.4 Å². The van der Waals surface area contributed by atoms with E-state index in [-0.39, 0.29) is 23.0 Å². The molecule has 0 radical (unpaired) electrons. The average molecular weight is 256 g/mol. The first-order chi connectivity index (χ1) is 8.21. The molecule has 0 amide bonds. The quantitative estimate of drug-likeness (QED) is 0.805. The Kier molecular flexibility index (Phi) is 5.25. The van der Waals surface area contributed by atoms with Crippen molar-refractivity contribution < 1.29 is 9.84 Å². The molecule has 1 N–H and O–H groups in total. The molecule has 2 nitrogen and oxygen atoms in total. The molecule has 1 fully saturated rings. The second-order valence-corrected chi connectivity index (χ2v) is 7.41. The van der Waals surface area contributed by atoms with Crippen LogP contribution in [0, 0.1) is 16.7 Å². The van der Waals surface area contributed by atoms with Crippen LogP contribution in [-0.2, 0) is 4.74 Å². The molecule has 1 rings (SSSR count). The molecule has 2 unspecified atom stereocenters. The first kappa shape index (κ1) is 16.0. The molecule has 1 aliphatic rings. The van der Waals surface area contributed by atoms with Gasteiger partial charge in [-0.25, -0.2) is 0 Å². The summed E-state index contributed by atoms with van der Waals surface area (Å²) >= 11 is 0. The van der Waals surface area contributed by atoms with Crippen LogP contribution < -0.4 is 0 Å². The standard InChI is InChI=1S/C16H32O2/c1-7-8-13(17)11-18-14-15(3,4)10-9-12(2)16(14,5)6/h12-14,17H,7-11H2,1-6H3/t12?,13-,14?/m0/s1. The number of hydrogen-bond acceptors (Lipinski definition) is 2. The molecule has 0 aromatic carbocycles. The topological polar surface area (TPSA) is 29.5 Å². The van der Waals surface area contributed by atoms with Crippen molar-refractivity contribution in [3.63, 3.8) is 0 Å². The maximum absolute atomic E-state index is 9.86. The van der Waals surface area contributed by atoms with Crippen LogP contribution in [0.5, 0.6) is 0 Å². The predicted molar refractivity (Wildman–Crippen MR) is 76.6 cm³/mol. The van der Waals surface area contributed by atoms with Gasteiger partial charge in [-0.1, -0.05) is 48.0 Å². The number of rotatable bonds is 5. The molecule has 2 heteroatoms. The van der Waals surface area contributed by atoms with Gasteiger partial charge in [0.25, 0.3) is 0 Å². The van der Waals surface area contributed by atoms with Gasteiger partial charge in [0.05, 0.1) is 18.8 Å². The molecule has 0 saturated heterocycles. The molecule has 0 spiro atoms. The minimum absolute atomic E-state index is 0.188. The molecule has 0 aromatic heterocycles.